The Kier molecular flexibility index (Phi) is 7.11. The van der Waals surface area contributed by atoms with E-state index >= 15 is 0 Å². The molecule has 4 rings (SSSR count). The molecule has 1 unspecified atom stereocenters. The van der Waals surface area contributed by atoms with Gasteiger partial charge in [-0.15, -0.1) is 0 Å². The first-order valence-corrected chi connectivity index (χ1v) is 11.0. The summed E-state index contributed by atoms with van der Waals surface area (Å²) < 4.78 is 11.7. The highest BCUT2D eigenvalue weighted by Crippen LogP contribution is 2.44. The van der Waals surface area contributed by atoms with Crippen molar-refractivity contribution < 1.29 is 29.0 Å². The van der Waals surface area contributed by atoms with Gasteiger partial charge in [0.15, 0.2) is 6.10 Å². The molecule has 3 aromatic rings. The average Bonchev–Trinajstić information content (AvgIpc) is 3.39. The van der Waals surface area contributed by atoms with Crippen LogP contribution >= 0.6 is 0 Å². The van der Waals surface area contributed by atoms with Gasteiger partial charge in [-0.1, -0.05) is 48.5 Å². The van der Waals surface area contributed by atoms with Crippen molar-refractivity contribution in [1.82, 2.24) is 20.4 Å². The monoisotopic (exact) mass is 478 g/mol. The minimum atomic E-state index is -1.19. The predicted molar refractivity (Wildman–Crippen MR) is 126 cm³/mol. The normalized spacial score (nSPS) is 13.0. The lowest BCUT2D eigenvalue weighted by atomic mass is 9.98. The molecule has 0 aliphatic heterocycles. The molecule has 0 spiro atoms. The second kappa shape index (κ2) is 10.4. The maximum absolute atomic E-state index is 12.6. The molecular weight excluding hydrogens is 452 g/mol. The second-order valence-electron chi connectivity index (χ2n) is 8.09. The standard InChI is InChI=1S/C25H26N4O6/c1-29-22(23(30)26-13-21(34-2)24(31)32)15(12-28-29)11-27-25(33)35-14-20-18-9-5-3-7-16(18)17-8-4-6-10-19(17)20/h3-10,12,20-21H,11,13-14H2,1-2H3,(H,26,30)(H,27,33)(H,31,32). The van der Waals surface area contributed by atoms with Crippen molar-refractivity contribution in [2.45, 2.75) is 18.6 Å². The van der Waals surface area contributed by atoms with Crippen molar-refractivity contribution in [3.05, 3.63) is 77.1 Å². The molecule has 0 bridgehead atoms. The number of amides is 2. The molecule has 182 valence electrons. The molecule has 2 aromatic carbocycles. The lowest BCUT2D eigenvalue weighted by Gasteiger charge is -2.15. The Labute approximate surface area is 201 Å². The molecule has 10 heteroatoms. The number of aryl methyl sites for hydroxylation is 1. The Morgan fingerprint density at radius 2 is 1.69 bits per heavy atom. The fraction of sp³-hybridized carbons (Fsp3) is 0.280. The number of carbonyl (C=O) groups excluding carboxylic acids is 2. The topological polar surface area (TPSA) is 132 Å². The van der Waals surface area contributed by atoms with Crippen LogP contribution in [0, 0.1) is 0 Å². The van der Waals surface area contributed by atoms with Crippen LogP contribution in [0.3, 0.4) is 0 Å². The minimum Gasteiger partial charge on any atom is -0.479 e. The first-order valence-electron chi connectivity index (χ1n) is 11.0. The zero-order valence-corrected chi connectivity index (χ0v) is 19.4. The third-order valence-electron chi connectivity index (χ3n) is 6.00. The van der Waals surface area contributed by atoms with Gasteiger partial charge in [0, 0.05) is 25.6 Å². The summed E-state index contributed by atoms with van der Waals surface area (Å²) in [7, 11) is 2.83. The SMILES string of the molecule is COC(CNC(=O)c1c(CNC(=O)OCC2c3ccccc3-c3ccccc32)cnn1C)C(=O)O. The van der Waals surface area contributed by atoms with E-state index in [9.17, 15) is 14.4 Å². The van der Waals surface area contributed by atoms with E-state index in [0.717, 1.165) is 22.3 Å². The Hall–Kier alpha value is -4.18. The number of hydrogen-bond acceptors (Lipinski definition) is 6. The molecule has 2 amide bonds. The van der Waals surface area contributed by atoms with Gasteiger partial charge >= 0.3 is 12.1 Å². The lowest BCUT2D eigenvalue weighted by molar-refractivity contribution is -0.148. The Bertz CT molecular complexity index is 1210. The summed E-state index contributed by atoms with van der Waals surface area (Å²) >= 11 is 0. The van der Waals surface area contributed by atoms with Crippen LogP contribution in [0.5, 0.6) is 0 Å². The second-order valence-corrected chi connectivity index (χ2v) is 8.09. The summed E-state index contributed by atoms with van der Waals surface area (Å²) in [6.45, 7) is -0.0250. The zero-order chi connectivity index (χ0) is 24.9. The number of benzene rings is 2. The minimum absolute atomic E-state index is 0.0138. The highest BCUT2D eigenvalue weighted by atomic mass is 16.5. The van der Waals surface area contributed by atoms with Crippen LogP contribution in [-0.4, -0.2) is 59.2 Å². The van der Waals surface area contributed by atoms with Crippen LogP contribution in [0.25, 0.3) is 11.1 Å². The molecule has 1 aliphatic carbocycles. The first kappa shape index (κ1) is 24.0. The highest BCUT2D eigenvalue weighted by Gasteiger charge is 2.29. The number of alkyl carbamates (subject to hydrolysis) is 1. The Morgan fingerprint density at radius 1 is 1.06 bits per heavy atom. The molecule has 0 radical (unpaired) electrons. The van der Waals surface area contributed by atoms with Gasteiger partial charge in [-0.2, -0.15) is 5.10 Å². The molecule has 0 saturated heterocycles. The number of ether oxygens (including phenoxy) is 2. The largest absolute Gasteiger partial charge is 0.479 e. The van der Waals surface area contributed by atoms with E-state index in [-0.39, 0.29) is 31.3 Å². The molecule has 10 nitrogen and oxygen atoms in total. The molecule has 0 saturated carbocycles. The van der Waals surface area contributed by atoms with E-state index in [1.807, 2.05) is 36.4 Å². The van der Waals surface area contributed by atoms with E-state index in [2.05, 4.69) is 27.9 Å². The van der Waals surface area contributed by atoms with Crippen molar-refractivity contribution in [2.24, 2.45) is 7.05 Å². The van der Waals surface area contributed by atoms with Crippen LogP contribution < -0.4 is 10.6 Å². The maximum Gasteiger partial charge on any atom is 0.407 e. The molecule has 1 aromatic heterocycles. The average molecular weight is 479 g/mol. The Morgan fingerprint density at radius 3 is 2.29 bits per heavy atom. The van der Waals surface area contributed by atoms with Crippen molar-refractivity contribution in [2.75, 3.05) is 20.3 Å². The van der Waals surface area contributed by atoms with Gasteiger partial charge in [0.25, 0.3) is 5.91 Å². The third-order valence-corrected chi connectivity index (χ3v) is 6.00. The fourth-order valence-corrected chi connectivity index (χ4v) is 4.26. The number of rotatable bonds is 9. The van der Waals surface area contributed by atoms with Gasteiger partial charge < -0.3 is 25.2 Å². The fourth-order valence-electron chi connectivity index (χ4n) is 4.26. The number of fused-ring (bicyclic) bond motifs is 3. The summed E-state index contributed by atoms with van der Waals surface area (Å²) in [4.78, 5) is 36.2. The molecule has 1 atom stereocenters. The van der Waals surface area contributed by atoms with Crippen molar-refractivity contribution >= 4 is 18.0 Å². The number of carboxylic acids is 1. The van der Waals surface area contributed by atoms with E-state index in [1.165, 1.54) is 18.0 Å². The van der Waals surface area contributed by atoms with Crippen LogP contribution in [0.4, 0.5) is 4.79 Å². The number of hydrogen-bond donors (Lipinski definition) is 3. The smallest absolute Gasteiger partial charge is 0.407 e. The number of methoxy groups -OCH3 is 1. The van der Waals surface area contributed by atoms with Gasteiger partial charge in [0.2, 0.25) is 0 Å². The number of aromatic nitrogens is 2. The summed E-state index contributed by atoms with van der Waals surface area (Å²) in [5.41, 5.74) is 5.17. The predicted octanol–water partition coefficient (Wildman–Crippen LogP) is 2.29. The van der Waals surface area contributed by atoms with Crippen LogP contribution in [0.15, 0.2) is 54.7 Å². The molecular formula is C25H26N4O6. The molecule has 1 aliphatic rings. The van der Waals surface area contributed by atoms with Crippen molar-refractivity contribution in [1.29, 1.82) is 0 Å². The zero-order valence-electron chi connectivity index (χ0n) is 19.4. The lowest BCUT2D eigenvalue weighted by Crippen LogP contribution is -2.39. The molecule has 0 fully saturated rings. The summed E-state index contributed by atoms with van der Waals surface area (Å²) in [5, 5.41) is 18.3. The molecule has 35 heavy (non-hydrogen) atoms. The summed E-state index contributed by atoms with van der Waals surface area (Å²) in [5.74, 6) is -1.77. The summed E-state index contributed by atoms with van der Waals surface area (Å²) in [6, 6.07) is 16.1. The molecule has 3 N–H and O–H groups in total. The number of nitrogens with zero attached hydrogens (tertiary/aromatic N) is 2. The third kappa shape index (κ3) is 5.02. The molecule has 1 heterocycles. The van der Waals surface area contributed by atoms with E-state index in [4.69, 9.17) is 14.6 Å². The van der Waals surface area contributed by atoms with E-state index < -0.39 is 24.1 Å². The van der Waals surface area contributed by atoms with Gasteiger partial charge in [-0.05, 0) is 22.3 Å². The van der Waals surface area contributed by atoms with Crippen molar-refractivity contribution in [3.63, 3.8) is 0 Å². The van der Waals surface area contributed by atoms with Gasteiger partial charge in [0.05, 0.1) is 19.3 Å². The van der Waals surface area contributed by atoms with Crippen LogP contribution in [0.2, 0.25) is 0 Å². The number of carbonyl (C=O) groups is 3. The number of aliphatic carboxylic acids is 1. The van der Waals surface area contributed by atoms with Crippen molar-refractivity contribution in [3.8, 4) is 11.1 Å². The Balaban J connectivity index is 1.36. The first-order chi connectivity index (χ1) is 16.9. The number of carboxylic acid groups (broad SMARTS) is 1. The van der Waals surface area contributed by atoms with E-state index in [1.54, 1.807) is 7.05 Å². The van der Waals surface area contributed by atoms with Crippen LogP contribution in [-0.2, 0) is 27.9 Å². The highest BCUT2D eigenvalue weighted by molar-refractivity contribution is 5.94. The quantitative estimate of drug-likeness (QED) is 0.430. The van der Waals surface area contributed by atoms with Gasteiger partial charge in [-0.3, -0.25) is 9.48 Å². The maximum atomic E-state index is 12.6. The summed E-state index contributed by atoms with van der Waals surface area (Å²) in [6.07, 6.45) is -0.328. The number of nitrogens with one attached hydrogen (secondary N) is 2. The van der Waals surface area contributed by atoms with Gasteiger partial charge in [-0.25, -0.2) is 9.59 Å². The van der Waals surface area contributed by atoms with Gasteiger partial charge in [0.1, 0.15) is 12.3 Å². The van der Waals surface area contributed by atoms with Crippen LogP contribution in [0.1, 0.15) is 33.1 Å². The van der Waals surface area contributed by atoms with E-state index in [0.29, 0.717) is 5.56 Å².